The molecule has 0 aliphatic carbocycles. The molecule has 0 bridgehead atoms. The van der Waals surface area contributed by atoms with Crippen molar-refractivity contribution in [1.29, 1.82) is 0 Å². The Balaban J connectivity index is 3.14. The molecule has 0 saturated carbocycles. The van der Waals surface area contributed by atoms with E-state index in [1.54, 1.807) is 6.92 Å². The molecule has 0 heterocycles. The quantitative estimate of drug-likeness (QED) is 0.893. The lowest BCUT2D eigenvalue weighted by Gasteiger charge is -2.27. The van der Waals surface area contributed by atoms with Gasteiger partial charge in [0.15, 0.2) is 0 Å². The van der Waals surface area contributed by atoms with Crippen LogP contribution in [0.3, 0.4) is 0 Å². The highest BCUT2D eigenvalue weighted by molar-refractivity contribution is 7.89. The molecule has 0 aromatic heterocycles. The molecule has 7 heteroatoms. The van der Waals surface area contributed by atoms with Crippen LogP contribution in [0.4, 0.5) is 4.39 Å². The van der Waals surface area contributed by atoms with Crippen molar-refractivity contribution in [2.24, 2.45) is 5.41 Å². The van der Waals surface area contributed by atoms with Crippen molar-refractivity contribution in [1.82, 2.24) is 4.72 Å². The molecule has 1 unspecified atom stereocenters. The average molecular weight is 303 g/mol. The molecule has 20 heavy (non-hydrogen) atoms. The highest BCUT2D eigenvalue weighted by Gasteiger charge is 2.28. The summed E-state index contributed by atoms with van der Waals surface area (Å²) in [6, 6.07) is 2.29. The smallest absolute Gasteiger partial charge is 0.335 e. The van der Waals surface area contributed by atoms with E-state index < -0.39 is 32.7 Å². The summed E-state index contributed by atoms with van der Waals surface area (Å²) in [5, 5.41) is 8.72. The Morgan fingerprint density at radius 1 is 1.35 bits per heavy atom. The maximum Gasteiger partial charge on any atom is 0.335 e. The molecule has 0 fully saturated rings. The van der Waals surface area contributed by atoms with Crippen LogP contribution in [-0.2, 0) is 10.0 Å². The number of carboxylic acids is 1. The van der Waals surface area contributed by atoms with Gasteiger partial charge in [-0.25, -0.2) is 22.3 Å². The Morgan fingerprint density at radius 3 is 2.30 bits per heavy atom. The number of hydrogen-bond acceptors (Lipinski definition) is 3. The van der Waals surface area contributed by atoms with E-state index >= 15 is 0 Å². The predicted octanol–water partition coefficient (Wildman–Crippen LogP) is 2.24. The van der Waals surface area contributed by atoms with E-state index in [2.05, 4.69) is 4.72 Å². The number of carbonyl (C=O) groups is 1. The minimum atomic E-state index is -4.03. The second-order valence-electron chi connectivity index (χ2n) is 5.66. The molecule has 0 saturated heterocycles. The number of halogens is 1. The third-order valence-electron chi connectivity index (χ3n) is 3.10. The molecule has 0 radical (unpaired) electrons. The highest BCUT2D eigenvalue weighted by Crippen LogP contribution is 2.22. The van der Waals surface area contributed by atoms with Crippen molar-refractivity contribution in [3.05, 3.63) is 29.6 Å². The lowest BCUT2D eigenvalue weighted by atomic mass is 9.89. The minimum absolute atomic E-state index is 0.301. The fraction of sp³-hybridized carbons (Fsp3) is 0.462. The molecule has 0 aliphatic heterocycles. The first kappa shape index (κ1) is 16.6. The van der Waals surface area contributed by atoms with Gasteiger partial charge in [-0.1, -0.05) is 20.8 Å². The Kier molecular flexibility index (Phi) is 4.55. The Bertz CT molecular complexity index is 620. The molecule has 1 rings (SSSR count). The second-order valence-corrected chi connectivity index (χ2v) is 7.34. The molecule has 1 aromatic rings. The van der Waals surface area contributed by atoms with Crippen molar-refractivity contribution in [3.8, 4) is 0 Å². The van der Waals surface area contributed by atoms with Crippen LogP contribution < -0.4 is 4.72 Å². The van der Waals surface area contributed by atoms with Gasteiger partial charge in [0.05, 0.1) is 5.56 Å². The molecular weight excluding hydrogens is 285 g/mol. The van der Waals surface area contributed by atoms with Crippen molar-refractivity contribution < 1.29 is 22.7 Å². The van der Waals surface area contributed by atoms with E-state index in [1.807, 2.05) is 20.8 Å². The van der Waals surface area contributed by atoms with E-state index in [0.717, 1.165) is 12.1 Å². The number of rotatable bonds is 4. The SMILES string of the molecule is CC(NS(=O)(=O)c1ccc(C(=O)O)cc1F)C(C)(C)C. The Hall–Kier alpha value is -1.47. The van der Waals surface area contributed by atoms with Gasteiger partial charge in [-0.05, 0) is 30.5 Å². The molecule has 112 valence electrons. The van der Waals surface area contributed by atoms with E-state index in [9.17, 15) is 17.6 Å². The summed E-state index contributed by atoms with van der Waals surface area (Å²) in [5.74, 6) is -2.40. The minimum Gasteiger partial charge on any atom is -0.478 e. The van der Waals surface area contributed by atoms with Crippen molar-refractivity contribution >= 4 is 16.0 Å². The number of sulfonamides is 1. The first-order chi connectivity index (χ1) is 8.95. The molecule has 5 nitrogen and oxygen atoms in total. The zero-order valence-electron chi connectivity index (χ0n) is 11.8. The van der Waals surface area contributed by atoms with Crippen LogP contribution in [0, 0.1) is 11.2 Å². The third kappa shape index (κ3) is 3.77. The fourth-order valence-corrected chi connectivity index (χ4v) is 2.83. The summed E-state index contributed by atoms with van der Waals surface area (Å²) in [5.41, 5.74) is -0.629. The van der Waals surface area contributed by atoms with Gasteiger partial charge in [0.25, 0.3) is 0 Å². The molecule has 0 amide bonds. The van der Waals surface area contributed by atoms with Crippen LogP contribution in [0.2, 0.25) is 0 Å². The van der Waals surface area contributed by atoms with Crippen LogP contribution in [-0.4, -0.2) is 25.5 Å². The lowest BCUT2D eigenvalue weighted by Crippen LogP contribution is -2.41. The highest BCUT2D eigenvalue weighted by atomic mass is 32.2. The summed E-state index contributed by atoms with van der Waals surface area (Å²) < 4.78 is 40.3. The zero-order chi connectivity index (χ0) is 15.7. The van der Waals surface area contributed by atoms with Crippen molar-refractivity contribution in [3.63, 3.8) is 0 Å². The predicted molar refractivity (Wildman–Crippen MR) is 72.6 cm³/mol. The molecule has 0 aliphatic rings. The monoisotopic (exact) mass is 303 g/mol. The van der Waals surface area contributed by atoms with Gasteiger partial charge in [-0.3, -0.25) is 0 Å². The van der Waals surface area contributed by atoms with E-state index in [1.165, 1.54) is 0 Å². The summed E-state index contributed by atoms with van der Waals surface area (Å²) >= 11 is 0. The summed E-state index contributed by atoms with van der Waals surface area (Å²) in [6.45, 7) is 7.24. The number of carboxylic acid groups (broad SMARTS) is 1. The number of benzene rings is 1. The van der Waals surface area contributed by atoms with Crippen LogP contribution in [0.25, 0.3) is 0 Å². The van der Waals surface area contributed by atoms with E-state index in [0.29, 0.717) is 6.07 Å². The van der Waals surface area contributed by atoms with Crippen molar-refractivity contribution in [2.75, 3.05) is 0 Å². The molecule has 1 aromatic carbocycles. The second kappa shape index (κ2) is 5.49. The zero-order valence-corrected chi connectivity index (χ0v) is 12.6. The standard InChI is InChI=1S/C13H18FNO4S/c1-8(13(2,3)4)15-20(18,19)11-6-5-9(12(16)17)7-10(11)14/h5-8,15H,1-4H3,(H,16,17). The van der Waals surface area contributed by atoms with Gasteiger partial charge in [0.1, 0.15) is 10.7 Å². The lowest BCUT2D eigenvalue weighted by molar-refractivity contribution is 0.0696. The average Bonchev–Trinajstić information content (AvgIpc) is 2.26. The molecule has 2 N–H and O–H groups in total. The largest absolute Gasteiger partial charge is 0.478 e. The molecule has 1 atom stereocenters. The Labute approximate surface area is 117 Å². The Morgan fingerprint density at radius 2 is 1.90 bits per heavy atom. The summed E-state index contributed by atoms with van der Waals surface area (Å²) in [7, 11) is -4.03. The topological polar surface area (TPSA) is 83.5 Å². The van der Waals surface area contributed by atoms with Crippen LogP contribution in [0.5, 0.6) is 0 Å². The maximum absolute atomic E-state index is 13.8. The van der Waals surface area contributed by atoms with Crippen LogP contribution in [0.15, 0.2) is 23.1 Å². The van der Waals surface area contributed by atoms with Gasteiger partial charge in [-0.15, -0.1) is 0 Å². The van der Waals surface area contributed by atoms with Gasteiger partial charge in [0.2, 0.25) is 10.0 Å². The first-order valence-corrected chi connectivity index (χ1v) is 7.48. The summed E-state index contributed by atoms with van der Waals surface area (Å²) in [4.78, 5) is 10.1. The third-order valence-corrected chi connectivity index (χ3v) is 4.67. The van der Waals surface area contributed by atoms with Crippen molar-refractivity contribution in [2.45, 2.75) is 38.6 Å². The van der Waals surface area contributed by atoms with E-state index in [-0.39, 0.29) is 11.0 Å². The number of aromatic carboxylic acids is 1. The van der Waals surface area contributed by atoms with Gasteiger partial charge >= 0.3 is 5.97 Å². The van der Waals surface area contributed by atoms with Gasteiger partial charge in [0, 0.05) is 6.04 Å². The normalized spacial score (nSPS) is 14.1. The maximum atomic E-state index is 13.8. The molecule has 0 spiro atoms. The number of nitrogens with one attached hydrogen (secondary N) is 1. The molecular formula is C13H18FNO4S. The van der Waals surface area contributed by atoms with Crippen LogP contribution >= 0.6 is 0 Å². The van der Waals surface area contributed by atoms with Crippen LogP contribution in [0.1, 0.15) is 38.1 Å². The van der Waals surface area contributed by atoms with Gasteiger partial charge in [-0.2, -0.15) is 0 Å². The van der Waals surface area contributed by atoms with E-state index in [4.69, 9.17) is 5.11 Å². The first-order valence-electron chi connectivity index (χ1n) is 6.00. The fourth-order valence-electron chi connectivity index (χ4n) is 1.32. The number of hydrogen-bond donors (Lipinski definition) is 2. The summed E-state index contributed by atoms with van der Waals surface area (Å²) in [6.07, 6.45) is 0. The van der Waals surface area contributed by atoms with Gasteiger partial charge < -0.3 is 5.11 Å².